The SMILES string of the molecule is CC1C(=O)NCCN1Cc1cc(C#CCO)cs1. The summed E-state index contributed by atoms with van der Waals surface area (Å²) in [6.07, 6.45) is 0. The zero-order chi connectivity index (χ0) is 13.0. The number of nitrogens with one attached hydrogen (secondary N) is 1. The standard InChI is InChI=1S/C13H16N2O2S/c1-10-13(17)14-4-5-15(10)8-12-7-11(9-18-12)3-2-6-16/h7,9-10,16H,4-6,8H2,1H3,(H,14,17). The van der Waals surface area contributed by atoms with Crippen LogP contribution < -0.4 is 5.32 Å². The van der Waals surface area contributed by atoms with Crippen LogP contribution >= 0.6 is 11.3 Å². The lowest BCUT2D eigenvalue weighted by molar-refractivity contribution is -0.128. The van der Waals surface area contributed by atoms with Gasteiger partial charge < -0.3 is 10.4 Å². The molecule has 0 bridgehead atoms. The highest BCUT2D eigenvalue weighted by Gasteiger charge is 2.25. The van der Waals surface area contributed by atoms with Gasteiger partial charge in [0, 0.05) is 35.5 Å². The number of rotatable bonds is 2. The molecular formula is C13H16N2O2S. The van der Waals surface area contributed by atoms with Gasteiger partial charge in [0.05, 0.1) is 6.04 Å². The van der Waals surface area contributed by atoms with Crippen LogP contribution in [0.4, 0.5) is 0 Å². The minimum atomic E-state index is -0.117. The predicted octanol–water partition coefficient (Wildman–Crippen LogP) is 0.412. The zero-order valence-electron chi connectivity index (χ0n) is 10.3. The second kappa shape index (κ2) is 6.01. The lowest BCUT2D eigenvalue weighted by Crippen LogP contribution is -2.53. The van der Waals surface area contributed by atoms with Gasteiger partial charge in [-0.1, -0.05) is 11.8 Å². The first-order chi connectivity index (χ1) is 8.70. The van der Waals surface area contributed by atoms with E-state index in [9.17, 15) is 4.79 Å². The molecule has 2 rings (SSSR count). The van der Waals surface area contributed by atoms with Gasteiger partial charge in [0.1, 0.15) is 6.61 Å². The van der Waals surface area contributed by atoms with Crippen molar-refractivity contribution in [3.8, 4) is 11.8 Å². The van der Waals surface area contributed by atoms with Crippen molar-refractivity contribution >= 4 is 17.2 Å². The number of aliphatic hydroxyl groups excluding tert-OH is 1. The van der Waals surface area contributed by atoms with Crippen LogP contribution in [0.25, 0.3) is 0 Å². The molecule has 1 amide bonds. The third kappa shape index (κ3) is 3.10. The molecule has 1 fully saturated rings. The monoisotopic (exact) mass is 264 g/mol. The summed E-state index contributed by atoms with van der Waals surface area (Å²) >= 11 is 1.64. The first-order valence-electron chi connectivity index (χ1n) is 5.89. The molecule has 1 aromatic heterocycles. The number of carbonyl (C=O) groups is 1. The van der Waals surface area contributed by atoms with Crippen LogP contribution in [0.1, 0.15) is 17.4 Å². The molecule has 0 saturated carbocycles. The molecule has 96 valence electrons. The smallest absolute Gasteiger partial charge is 0.237 e. The molecule has 1 aliphatic heterocycles. The summed E-state index contributed by atoms with van der Waals surface area (Å²) in [5.41, 5.74) is 0.929. The molecule has 1 atom stereocenters. The Balaban J connectivity index is 2.00. The number of nitrogens with zero attached hydrogens (tertiary/aromatic N) is 1. The van der Waals surface area contributed by atoms with E-state index in [1.807, 2.05) is 18.4 Å². The fourth-order valence-electron chi connectivity index (χ4n) is 1.92. The Bertz CT molecular complexity index is 487. The topological polar surface area (TPSA) is 52.6 Å². The fourth-order valence-corrected chi connectivity index (χ4v) is 2.76. The van der Waals surface area contributed by atoms with Crippen LogP contribution in [0.2, 0.25) is 0 Å². The Hall–Kier alpha value is -1.35. The molecule has 2 heterocycles. The molecule has 4 nitrogen and oxygen atoms in total. The van der Waals surface area contributed by atoms with Crippen LogP contribution in [0, 0.1) is 11.8 Å². The molecule has 0 aromatic carbocycles. The van der Waals surface area contributed by atoms with E-state index >= 15 is 0 Å². The minimum Gasteiger partial charge on any atom is -0.384 e. The van der Waals surface area contributed by atoms with E-state index in [-0.39, 0.29) is 18.6 Å². The first-order valence-corrected chi connectivity index (χ1v) is 6.77. The molecule has 1 aromatic rings. The van der Waals surface area contributed by atoms with Gasteiger partial charge in [0.25, 0.3) is 0 Å². The van der Waals surface area contributed by atoms with Gasteiger partial charge in [-0.3, -0.25) is 9.69 Å². The van der Waals surface area contributed by atoms with Crippen molar-refractivity contribution in [2.45, 2.75) is 19.5 Å². The quantitative estimate of drug-likeness (QED) is 0.761. The molecule has 0 aliphatic carbocycles. The van der Waals surface area contributed by atoms with E-state index in [4.69, 9.17) is 5.11 Å². The van der Waals surface area contributed by atoms with Crippen molar-refractivity contribution in [3.05, 3.63) is 21.9 Å². The molecular weight excluding hydrogens is 248 g/mol. The largest absolute Gasteiger partial charge is 0.384 e. The van der Waals surface area contributed by atoms with Gasteiger partial charge in [0.15, 0.2) is 0 Å². The average molecular weight is 264 g/mol. The van der Waals surface area contributed by atoms with Gasteiger partial charge in [-0.05, 0) is 13.0 Å². The number of carbonyl (C=O) groups excluding carboxylic acids is 1. The van der Waals surface area contributed by atoms with Gasteiger partial charge in [-0.15, -0.1) is 11.3 Å². The molecule has 18 heavy (non-hydrogen) atoms. The number of hydrogen-bond donors (Lipinski definition) is 2. The van der Waals surface area contributed by atoms with Crippen molar-refractivity contribution in [1.29, 1.82) is 0 Å². The highest BCUT2D eigenvalue weighted by molar-refractivity contribution is 7.10. The van der Waals surface area contributed by atoms with Gasteiger partial charge in [-0.2, -0.15) is 0 Å². The number of piperazine rings is 1. The summed E-state index contributed by atoms with van der Waals surface area (Å²) in [4.78, 5) is 14.9. The number of aliphatic hydroxyl groups is 1. The highest BCUT2D eigenvalue weighted by atomic mass is 32.1. The van der Waals surface area contributed by atoms with E-state index in [1.54, 1.807) is 11.3 Å². The minimum absolute atomic E-state index is 0.0761. The lowest BCUT2D eigenvalue weighted by atomic mass is 10.2. The third-order valence-corrected chi connectivity index (χ3v) is 3.87. The third-order valence-electron chi connectivity index (χ3n) is 2.95. The summed E-state index contributed by atoms with van der Waals surface area (Å²) < 4.78 is 0. The molecule has 1 unspecified atom stereocenters. The maximum atomic E-state index is 11.5. The Morgan fingerprint density at radius 2 is 2.50 bits per heavy atom. The number of amides is 1. The summed E-state index contributed by atoms with van der Waals surface area (Å²) in [5, 5.41) is 13.5. The van der Waals surface area contributed by atoms with E-state index in [1.165, 1.54) is 4.88 Å². The van der Waals surface area contributed by atoms with Gasteiger partial charge >= 0.3 is 0 Å². The van der Waals surface area contributed by atoms with E-state index < -0.39 is 0 Å². The number of thiophene rings is 1. The highest BCUT2D eigenvalue weighted by Crippen LogP contribution is 2.18. The van der Waals surface area contributed by atoms with Crippen LogP contribution in [0.5, 0.6) is 0 Å². The Morgan fingerprint density at radius 3 is 3.28 bits per heavy atom. The second-order valence-corrected chi connectivity index (χ2v) is 5.19. The Labute approximate surface area is 111 Å². The van der Waals surface area contributed by atoms with Crippen LogP contribution in [-0.4, -0.2) is 41.7 Å². The molecule has 5 heteroatoms. The van der Waals surface area contributed by atoms with Crippen molar-refractivity contribution < 1.29 is 9.90 Å². The molecule has 0 spiro atoms. The summed E-state index contributed by atoms with van der Waals surface area (Å²) in [6.45, 7) is 4.18. The van der Waals surface area contributed by atoms with Crippen molar-refractivity contribution in [2.24, 2.45) is 0 Å². The molecule has 0 radical (unpaired) electrons. The zero-order valence-corrected chi connectivity index (χ0v) is 11.1. The second-order valence-electron chi connectivity index (χ2n) is 4.20. The van der Waals surface area contributed by atoms with Crippen LogP contribution in [0.15, 0.2) is 11.4 Å². The molecule has 2 N–H and O–H groups in total. The van der Waals surface area contributed by atoms with Gasteiger partial charge in [-0.25, -0.2) is 0 Å². The van der Waals surface area contributed by atoms with E-state index in [2.05, 4.69) is 22.1 Å². The van der Waals surface area contributed by atoms with Gasteiger partial charge in [0.2, 0.25) is 5.91 Å². The summed E-state index contributed by atoms with van der Waals surface area (Å²) in [7, 11) is 0. The van der Waals surface area contributed by atoms with Crippen LogP contribution in [0.3, 0.4) is 0 Å². The predicted molar refractivity (Wildman–Crippen MR) is 71.2 cm³/mol. The first kappa shape index (κ1) is 13.1. The normalized spacial score (nSPS) is 20.1. The Kier molecular flexibility index (Phi) is 4.37. The summed E-state index contributed by atoms with van der Waals surface area (Å²) in [5.74, 6) is 5.61. The maximum absolute atomic E-state index is 11.5. The van der Waals surface area contributed by atoms with Crippen molar-refractivity contribution in [3.63, 3.8) is 0 Å². The molecule has 1 aliphatic rings. The number of hydrogen-bond acceptors (Lipinski definition) is 4. The summed E-state index contributed by atoms with van der Waals surface area (Å²) in [6, 6.07) is 1.94. The van der Waals surface area contributed by atoms with E-state index in [0.29, 0.717) is 6.54 Å². The lowest BCUT2D eigenvalue weighted by Gasteiger charge is -2.32. The maximum Gasteiger partial charge on any atom is 0.237 e. The molecule has 1 saturated heterocycles. The van der Waals surface area contributed by atoms with Crippen molar-refractivity contribution in [1.82, 2.24) is 10.2 Å². The van der Waals surface area contributed by atoms with Crippen LogP contribution in [-0.2, 0) is 11.3 Å². The van der Waals surface area contributed by atoms with E-state index in [0.717, 1.165) is 18.7 Å². The average Bonchev–Trinajstić information content (AvgIpc) is 2.80. The Morgan fingerprint density at radius 1 is 1.67 bits per heavy atom. The van der Waals surface area contributed by atoms with Crippen molar-refractivity contribution in [2.75, 3.05) is 19.7 Å². The fraction of sp³-hybridized carbons (Fsp3) is 0.462.